The highest BCUT2D eigenvalue weighted by atomic mass is 16.5. The van der Waals surface area contributed by atoms with Gasteiger partial charge in [0, 0.05) is 17.7 Å². The molecule has 2 aromatic heterocycles. The van der Waals surface area contributed by atoms with Crippen LogP contribution in [0.3, 0.4) is 0 Å². The molecule has 3 rings (SSSR count). The highest BCUT2D eigenvalue weighted by Crippen LogP contribution is 2.15. The van der Waals surface area contributed by atoms with Crippen molar-refractivity contribution in [2.45, 2.75) is 13.5 Å². The first-order valence-electron chi connectivity index (χ1n) is 6.97. The van der Waals surface area contributed by atoms with Gasteiger partial charge in [-0.25, -0.2) is 4.68 Å². The van der Waals surface area contributed by atoms with Crippen LogP contribution in [0.1, 0.15) is 5.56 Å². The maximum absolute atomic E-state index is 11.9. The summed E-state index contributed by atoms with van der Waals surface area (Å²) in [6.45, 7) is 1.79. The van der Waals surface area contributed by atoms with Crippen LogP contribution in [0.25, 0.3) is 11.3 Å². The molecule has 0 aliphatic heterocycles. The third-order valence-corrected chi connectivity index (χ3v) is 3.21. The molecule has 0 aliphatic carbocycles. The van der Waals surface area contributed by atoms with Crippen LogP contribution >= 0.6 is 0 Å². The monoisotopic (exact) mass is 310 g/mol. The van der Waals surface area contributed by atoms with E-state index in [1.165, 1.54) is 18.4 Å². The summed E-state index contributed by atoms with van der Waals surface area (Å²) in [5, 5.41) is 10.3. The molecule has 2 heterocycles. The number of rotatable bonds is 4. The normalized spacial score (nSPS) is 10.5. The lowest BCUT2D eigenvalue weighted by molar-refractivity contribution is -0.117. The lowest BCUT2D eigenvalue weighted by atomic mass is 10.1. The summed E-state index contributed by atoms with van der Waals surface area (Å²) >= 11 is 0. The molecule has 0 unspecified atom stereocenters. The van der Waals surface area contributed by atoms with Crippen LogP contribution in [0.15, 0.2) is 58.0 Å². The van der Waals surface area contributed by atoms with Gasteiger partial charge in [0.05, 0.1) is 5.69 Å². The molecule has 0 atom stereocenters. The first kappa shape index (κ1) is 14.7. The second kappa shape index (κ2) is 6.27. The van der Waals surface area contributed by atoms with Crippen LogP contribution in [0, 0.1) is 6.92 Å². The molecule has 3 aromatic rings. The predicted molar refractivity (Wildman–Crippen MR) is 83.8 cm³/mol. The smallest absolute Gasteiger partial charge is 0.267 e. The number of hydrogen-bond donors (Lipinski definition) is 1. The topological polar surface area (TPSA) is 90.0 Å². The lowest BCUT2D eigenvalue weighted by Crippen LogP contribution is -2.29. The third-order valence-electron chi connectivity index (χ3n) is 3.21. The molecule has 7 heteroatoms. The SMILES string of the molecule is Cc1ccc(-c2ccc(=O)n(CC(=O)Nc3ccon3)n2)cc1. The predicted octanol–water partition coefficient (Wildman–Crippen LogP) is 1.85. The first-order chi connectivity index (χ1) is 11.1. The van der Waals surface area contributed by atoms with Crippen LogP contribution in [0.2, 0.25) is 0 Å². The largest absolute Gasteiger partial charge is 0.363 e. The second-order valence-corrected chi connectivity index (χ2v) is 5.01. The van der Waals surface area contributed by atoms with Crippen LogP contribution in [-0.4, -0.2) is 20.8 Å². The van der Waals surface area contributed by atoms with E-state index in [1.807, 2.05) is 31.2 Å². The van der Waals surface area contributed by atoms with E-state index in [0.717, 1.165) is 15.8 Å². The Hall–Kier alpha value is -3.22. The highest BCUT2D eigenvalue weighted by Gasteiger charge is 2.09. The van der Waals surface area contributed by atoms with E-state index in [-0.39, 0.29) is 17.9 Å². The number of hydrogen-bond acceptors (Lipinski definition) is 5. The third kappa shape index (κ3) is 3.52. The first-order valence-corrected chi connectivity index (χ1v) is 6.97. The zero-order valence-corrected chi connectivity index (χ0v) is 12.4. The number of benzene rings is 1. The van der Waals surface area contributed by atoms with Crippen LogP contribution in [-0.2, 0) is 11.3 Å². The van der Waals surface area contributed by atoms with Crippen molar-refractivity contribution in [3.05, 3.63) is 64.6 Å². The Balaban J connectivity index is 1.81. The van der Waals surface area contributed by atoms with Crippen molar-refractivity contribution in [2.75, 3.05) is 5.32 Å². The molecule has 116 valence electrons. The molecule has 0 radical (unpaired) electrons. The maximum Gasteiger partial charge on any atom is 0.267 e. The van der Waals surface area contributed by atoms with Crippen molar-refractivity contribution >= 4 is 11.7 Å². The van der Waals surface area contributed by atoms with E-state index in [4.69, 9.17) is 0 Å². The summed E-state index contributed by atoms with van der Waals surface area (Å²) < 4.78 is 5.74. The number of carbonyl (C=O) groups is 1. The lowest BCUT2D eigenvalue weighted by Gasteiger charge is -2.07. The molecule has 0 spiro atoms. The molecule has 0 fully saturated rings. The van der Waals surface area contributed by atoms with Gasteiger partial charge in [0.25, 0.3) is 5.56 Å². The average molecular weight is 310 g/mol. The Morgan fingerprint density at radius 3 is 2.65 bits per heavy atom. The van der Waals surface area contributed by atoms with Gasteiger partial charge < -0.3 is 9.84 Å². The molecule has 0 aliphatic rings. The molecular formula is C16H14N4O3. The fourth-order valence-electron chi connectivity index (χ4n) is 2.04. The van der Waals surface area contributed by atoms with Gasteiger partial charge in [-0.05, 0) is 13.0 Å². The van der Waals surface area contributed by atoms with Gasteiger partial charge in [0.2, 0.25) is 5.91 Å². The molecule has 7 nitrogen and oxygen atoms in total. The van der Waals surface area contributed by atoms with E-state index < -0.39 is 5.91 Å². The van der Waals surface area contributed by atoms with Crippen molar-refractivity contribution in [3.8, 4) is 11.3 Å². The minimum absolute atomic E-state index is 0.203. The highest BCUT2D eigenvalue weighted by molar-refractivity contribution is 5.89. The molecule has 1 aromatic carbocycles. The Kier molecular flexibility index (Phi) is 4.01. The van der Waals surface area contributed by atoms with Gasteiger partial charge in [0.15, 0.2) is 5.82 Å². The number of aromatic nitrogens is 3. The second-order valence-electron chi connectivity index (χ2n) is 5.01. The molecule has 1 amide bonds. The van der Waals surface area contributed by atoms with Crippen LogP contribution in [0.5, 0.6) is 0 Å². The number of carbonyl (C=O) groups excluding carboxylic acids is 1. The van der Waals surface area contributed by atoms with Crippen LogP contribution in [0.4, 0.5) is 5.82 Å². The quantitative estimate of drug-likeness (QED) is 0.794. The van der Waals surface area contributed by atoms with Crippen molar-refractivity contribution in [1.29, 1.82) is 0 Å². The fraction of sp³-hybridized carbons (Fsp3) is 0.125. The van der Waals surface area contributed by atoms with E-state index in [1.54, 1.807) is 6.07 Å². The molecule has 0 bridgehead atoms. The fourth-order valence-corrected chi connectivity index (χ4v) is 2.04. The molecular weight excluding hydrogens is 296 g/mol. The summed E-state index contributed by atoms with van der Waals surface area (Å²) in [7, 11) is 0. The van der Waals surface area contributed by atoms with E-state index >= 15 is 0 Å². The van der Waals surface area contributed by atoms with Crippen LogP contribution < -0.4 is 10.9 Å². The number of aryl methyl sites for hydroxylation is 1. The van der Waals surface area contributed by atoms with Gasteiger partial charge in [-0.1, -0.05) is 35.0 Å². The van der Waals surface area contributed by atoms with Crippen molar-refractivity contribution < 1.29 is 9.32 Å². The maximum atomic E-state index is 11.9. The summed E-state index contributed by atoms with van der Waals surface area (Å²) in [5.74, 6) is -0.118. The Morgan fingerprint density at radius 1 is 1.17 bits per heavy atom. The minimum atomic E-state index is -0.408. The van der Waals surface area contributed by atoms with Crippen molar-refractivity contribution in [1.82, 2.24) is 14.9 Å². The number of anilines is 1. The number of nitrogens with zero attached hydrogens (tertiary/aromatic N) is 3. The number of amides is 1. The molecule has 0 saturated heterocycles. The van der Waals surface area contributed by atoms with Crippen molar-refractivity contribution in [3.63, 3.8) is 0 Å². The standard InChI is InChI=1S/C16H14N4O3/c1-11-2-4-12(5-3-11)13-6-7-16(22)20(18-13)10-15(21)17-14-8-9-23-19-14/h2-9H,10H2,1H3,(H,17,19,21). The van der Waals surface area contributed by atoms with Gasteiger partial charge in [-0.3, -0.25) is 9.59 Å². The zero-order chi connectivity index (χ0) is 16.2. The Morgan fingerprint density at radius 2 is 1.96 bits per heavy atom. The molecule has 23 heavy (non-hydrogen) atoms. The van der Waals surface area contributed by atoms with Gasteiger partial charge in [-0.2, -0.15) is 5.10 Å². The zero-order valence-electron chi connectivity index (χ0n) is 12.4. The molecule has 1 N–H and O–H groups in total. The Labute approximate surface area is 131 Å². The van der Waals surface area contributed by atoms with E-state index in [2.05, 4.69) is 20.1 Å². The summed E-state index contributed by atoms with van der Waals surface area (Å²) in [5.41, 5.74) is 2.28. The van der Waals surface area contributed by atoms with E-state index in [9.17, 15) is 9.59 Å². The summed E-state index contributed by atoms with van der Waals surface area (Å²) in [6.07, 6.45) is 1.35. The summed E-state index contributed by atoms with van der Waals surface area (Å²) in [4.78, 5) is 23.8. The number of nitrogens with one attached hydrogen (secondary N) is 1. The summed E-state index contributed by atoms with van der Waals surface area (Å²) in [6, 6.07) is 12.3. The average Bonchev–Trinajstić information content (AvgIpc) is 3.03. The van der Waals surface area contributed by atoms with Crippen molar-refractivity contribution in [2.24, 2.45) is 0 Å². The van der Waals surface area contributed by atoms with Gasteiger partial charge >= 0.3 is 0 Å². The van der Waals surface area contributed by atoms with Gasteiger partial charge in [-0.15, -0.1) is 0 Å². The molecule has 0 saturated carbocycles. The van der Waals surface area contributed by atoms with Gasteiger partial charge in [0.1, 0.15) is 12.8 Å². The Bertz CT molecular complexity index is 867. The minimum Gasteiger partial charge on any atom is -0.363 e. The van der Waals surface area contributed by atoms with E-state index in [0.29, 0.717) is 5.69 Å².